The second kappa shape index (κ2) is 12.0. The van der Waals surface area contributed by atoms with Gasteiger partial charge in [0.05, 0.1) is 11.5 Å². The Morgan fingerprint density at radius 2 is 1.62 bits per heavy atom. The van der Waals surface area contributed by atoms with Gasteiger partial charge in [-0.3, -0.25) is 19.5 Å². The highest BCUT2D eigenvalue weighted by atomic mass is 16.5. The van der Waals surface area contributed by atoms with Gasteiger partial charge >= 0.3 is 5.97 Å². The van der Waals surface area contributed by atoms with Crippen LogP contribution in [0.3, 0.4) is 0 Å². The van der Waals surface area contributed by atoms with E-state index in [-0.39, 0.29) is 17.6 Å². The average Bonchev–Trinajstić information content (AvgIpc) is 2.97. The number of Topliss-reactive ketones (excluding diaryl/α,β-unsaturated/α-hetero) is 1. The molecule has 1 aromatic heterocycles. The van der Waals surface area contributed by atoms with Gasteiger partial charge in [0.25, 0.3) is 0 Å². The van der Waals surface area contributed by atoms with Gasteiger partial charge in [0.15, 0.2) is 0 Å². The van der Waals surface area contributed by atoms with Crippen LogP contribution < -0.4 is 4.74 Å². The number of esters is 1. The Bertz CT molecular complexity index is 1460. The maximum atomic E-state index is 13.8. The molecule has 1 fully saturated rings. The minimum absolute atomic E-state index is 0.0782. The van der Waals surface area contributed by atoms with Crippen molar-refractivity contribution in [3.05, 3.63) is 108 Å². The van der Waals surface area contributed by atoms with Crippen LogP contribution in [-0.2, 0) is 16.0 Å². The predicted molar refractivity (Wildman–Crippen MR) is 150 cm³/mol. The zero-order chi connectivity index (χ0) is 27.2. The molecule has 7 heteroatoms. The van der Waals surface area contributed by atoms with Crippen LogP contribution in [0.4, 0.5) is 0 Å². The van der Waals surface area contributed by atoms with E-state index >= 15 is 0 Å². The quantitative estimate of drug-likeness (QED) is 0.251. The Balaban J connectivity index is 1.33. The number of amides is 1. The van der Waals surface area contributed by atoms with Gasteiger partial charge in [0, 0.05) is 63.8 Å². The molecule has 4 aromatic rings. The lowest BCUT2D eigenvalue weighted by atomic mass is 9.89. The van der Waals surface area contributed by atoms with E-state index in [1.165, 1.54) is 0 Å². The topological polar surface area (TPSA) is 79.8 Å². The SMILES string of the molecule is CC(=O)N1CCN(CC(C(=O)Cc2ccc3cnccc3c2)c2ccc(OC(=O)c3ccccc3)cc2)CC1. The summed E-state index contributed by atoms with van der Waals surface area (Å²) in [4.78, 5) is 46.2. The Kier molecular flexibility index (Phi) is 8.08. The molecular formula is C32H31N3O4. The highest BCUT2D eigenvalue weighted by molar-refractivity contribution is 5.91. The molecule has 2 heterocycles. The number of hydrogen-bond acceptors (Lipinski definition) is 6. The van der Waals surface area contributed by atoms with Crippen molar-refractivity contribution < 1.29 is 19.1 Å². The lowest BCUT2D eigenvalue weighted by Crippen LogP contribution is -2.49. The zero-order valence-electron chi connectivity index (χ0n) is 22.0. The normalized spacial score (nSPS) is 14.6. The number of hydrogen-bond donors (Lipinski definition) is 0. The van der Waals surface area contributed by atoms with E-state index in [2.05, 4.69) is 9.88 Å². The summed E-state index contributed by atoms with van der Waals surface area (Å²) in [6.07, 6.45) is 3.88. The van der Waals surface area contributed by atoms with Crippen LogP contribution in [0.1, 0.15) is 34.3 Å². The summed E-state index contributed by atoms with van der Waals surface area (Å²) in [5, 5.41) is 2.09. The first kappa shape index (κ1) is 26.3. The maximum Gasteiger partial charge on any atom is 0.343 e. The van der Waals surface area contributed by atoms with Gasteiger partial charge in [-0.25, -0.2) is 4.79 Å². The Morgan fingerprint density at radius 1 is 0.872 bits per heavy atom. The minimum atomic E-state index is -0.425. The third-order valence-corrected chi connectivity index (χ3v) is 7.23. The third kappa shape index (κ3) is 6.56. The number of carbonyl (C=O) groups is 3. The van der Waals surface area contributed by atoms with Crippen LogP contribution in [0, 0.1) is 0 Å². The van der Waals surface area contributed by atoms with Crippen molar-refractivity contribution >= 4 is 28.4 Å². The molecule has 0 N–H and O–H groups in total. The van der Waals surface area contributed by atoms with Gasteiger partial charge in [-0.2, -0.15) is 0 Å². The fourth-order valence-corrected chi connectivity index (χ4v) is 4.97. The van der Waals surface area contributed by atoms with E-state index in [9.17, 15) is 14.4 Å². The molecule has 1 aliphatic heterocycles. The standard InChI is InChI=1S/C32H31N3O4/c1-23(36)35-17-15-34(16-18-35)22-30(31(37)20-24-7-8-28-21-33-14-13-27(28)19-24)25-9-11-29(12-10-25)39-32(38)26-5-3-2-4-6-26/h2-14,19,21,30H,15-18,20,22H2,1H3. The summed E-state index contributed by atoms with van der Waals surface area (Å²) in [6.45, 7) is 4.91. The smallest absolute Gasteiger partial charge is 0.343 e. The fraction of sp³-hybridized carbons (Fsp3) is 0.250. The molecule has 1 aliphatic rings. The highest BCUT2D eigenvalue weighted by Crippen LogP contribution is 2.25. The molecule has 0 radical (unpaired) electrons. The first-order chi connectivity index (χ1) is 19.0. The van der Waals surface area contributed by atoms with E-state index in [1.807, 2.05) is 53.6 Å². The number of carbonyl (C=O) groups excluding carboxylic acids is 3. The molecule has 1 saturated heterocycles. The number of benzene rings is 3. The molecule has 0 aliphatic carbocycles. The number of ketones is 1. The molecule has 0 spiro atoms. The van der Waals surface area contributed by atoms with Gasteiger partial charge in [0.2, 0.25) is 5.91 Å². The van der Waals surface area contributed by atoms with Gasteiger partial charge in [-0.1, -0.05) is 48.5 Å². The van der Waals surface area contributed by atoms with E-state index < -0.39 is 5.97 Å². The first-order valence-corrected chi connectivity index (χ1v) is 13.2. The van der Waals surface area contributed by atoms with Crippen LogP contribution in [-0.4, -0.2) is 65.2 Å². The Morgan fingerprint density at radius 3 is 2.33 bits per heavy atom. The van der Waals surface area contributed by atoms with Crippen molar-refractivity contribution in [2.24, 2.45) is 0 Å². The van der Waals surface area contributed by atoms with Crippen molar-refractivity contribution in [3.63, 3.8) is 0 Å². The first-order valence-electron chi connectivity index (χ1n) is 13.2. The van der Waals surface area contributed by atoms with E-state index in [0.29, 0.717) is 37.4 Å². The maximum absolute atomic E-state index is 13.8. The number of rotatable bonds is 8. The van der Waals surface area contributed by atoms with Gasteiger partial charge in [-0.15, -0.1) is 0 Å². The molecule has 1 unspecified atom stereocenters. The van der Waals surface area contributed by atoms with Gasteiger partial charge in [-0.05, 0) is 46.8 Å². The average molecular weight is 522 g/mol. The Labute approximate surface area is 228 Å². The summed E-state index contributed by atoms with van der Waals surface area (Å²) in [7, 11) is 0. The van der Waals surface area contributed by atoms with Crippen LogP contribution in [0.15, 0.2) is 91.3 Å². The summed E-state index contributed by atoms with van der Waals surface area (Å²) < 4.78 is 5.54. The van der Waals surface area contributed by atoms with Crippen molar-refractivity contribution in [3.8, 4) is 5.75 Å². The number of pyridine rings is 1. The summed E-state index contributed by atoms with van der Waals surface area (Å²) in [6, 6.07) is 24.0. The van der Waals surface area contributed by atoms with Crippen LogP contribution >= 0.6 is 0 Å². The molecular weight excluding hydrogens is 490 g/mol. The zero-order valence-corrected chi connectivity index (χ0v) is 22.0. The molecule has 0 bridgehead atoms. The number of fused-ring (bicyclic) bond motifs is 1. The van der Waals surface area contributed by atoms with Crippen molar-refractivity contribution in [1.82, 2.24) is 14.8 Å². The monoisotopic (exact) mass is 521 g/mol. The summed E-state index contributed by atoms with van der Waals surface area (Å²) in [5.41, 5.74) is 2.31. The number of ether oxygens (including phenoxy) is 1. The number of nitrogens with zero attached hydrogens (tertiary/aromatic N) is 3. The predicted octanol–water partition coefficient (Wildman–Crippen LogP) is 4.51. The Hall–Kier alpha value is -4.36. The fourth-order valence-electron chi connectivity index (χ4n) is 4.97. The third-order valence-electron chi connectivity index (χ3n) is 7.23. The van der Waals surface area contributed by atoms with Gasteiger partial charge in [0.1, 0.15) is 11.5 Å². The largest absolute Gasteiger partial charge is 0.423 e. The van der Waals surface area contributed by atoms with Crippen molar-refractivity contribution in [1.29, 1.82) is 0 Å². The number of piperazine rings is 1. The van der Waals surface area contributed by atoms with E-state index in [4.69, 9.17) is 4.74 Å². The van der Waals surface area contributed by atoms with Crippen LogP contribution in [0.5, 0.6) is 5.75 Å². The molecule has 3 aromatic carbocycles. The van der Waals surface area contributed by atoms with Gasteiger partial charge < -0.3 is 9.64 Å². The molecule has 7 nitrogen and oxygen atoms in total. The molecule has 198 valence electrons. The van der Waals surface area contributed by atoms with Crippen molar-refractivity contribution in [2.45, 2.75) is 19.3 Å². The molecule has 5 rings (SSSR count). The molecule has 1 amide bonds. The molecule has 39 heavy (non-hydrogen) atoms. The second-order valence-corrected chi connectivity index (χ2v) is 9.88. The van der Waals surface area contributed by atoms with Crippen LogP contribution in [0.25, 0.3) is 10.8 Å². The summed E-state index contributed by atoms with van der Waals surface area (Å²) in [5.74, 6) is -0.162. The lowest BCUT2D eigenvalue weighted by molar-refractivity contribution is -0.131. The number of aromatic nitrogens is 1. The second-order valence-electron chi connectivity index (χ2n) is 9.88. The lowest BCUT2D eigenvalue weighted by Gasteiger charge is -2.36. The van der Waals surface area contributed by atoms with E-state index in [0.717, 1.165) is 35.0 Å². The summed E-state index contributed by atoms with van der Waals surface area (Å²) >= 11 is 0. The van der Waals surface area contributed by atoms with Crippen molar-refractivity contribution in [2.75, 3.05) is 32.7 Å². The van der Waals surface area contributed by atoms with Crippen LogP contribution in [0.2, 0.25) is 0 Å². The highest BCUT2D eigenvalue weighted by Gasteiger charge is 2.27. The van der Waals surface area contributed by atoms with E-state index in [1.54, 1.807) is 49.5 Å². The molecule has 0 saturated carbocycles. The minimum Gasteiger partial charge on any atom is -0.423 e. The molecule has 1 atom stereocenters.